The maximum Gasteiger partial charge on any atom is 0.410 e. The first-order valence-corrected chi connectivity index (χ1v) is 14.5. The molecule has 0 spiro atoms. The van der Waals surface area contributed by atoms with Crippen LogP contribution in [0.15, 0.2) is 24.3 Å². The Morgan fingerprint density at radius 2 is 1.85 bits per heavy atom. The van der Waals surface area contributed by atoms with Crippen molar-refractivity contribution in [1.82, 2.24) is 24.3 Å². The summed E-state index contributed by atoms with van der Waals surface area (Å²) in [6.07, 6.45) is 0.156. The summed E-state index contributed by atoms with van der Waals surface area (Å²) in [6, 6.07) is 9.24. The fourth-order valence-electron chi connectivity index (χ4n) is 5.54. The van der Waals surface area contributed by atoms with Crippen LogP contribution in [0, 0.1) is 23.2 Å². The number of nitriles is 1. The molecule has 3 heterocycles. The van der Waals surface area contributed by atoms with Gasteiger partial charge in [-0.3, -0.25) is 9.59 Å². The Labute approximate surface area is 242 Å². The monoisotopic (exact) mass is 566 g/mol. The highest BCUT2D eigenvalue weighted by atomic mass is 16.6. The predicted octanol–water partition coefficient (Wildman–Crippen LogP) is 3.53. The Balaban J connectivity index is 1.70. The van der Waals surface area contributed by atoms with Gasteiger partial charge in [-0.15, -0.1) is 0 Å². The van der Waals surface area contributed by atoms with Gasteiger partial charge in [0.15, 0.2) is 5.82 Å². The van der Waals surface area contributed by atoms with E-state index in [-0.39, 0.29) is 43.1 Å². The molecule has 2 aliphatic heterocycles. The van der Waals surface area contributed by atoms with Crippen molar-refractivity contribution in [1.29, 1.82) is 5.26 Å². The van der Waals surface area contributed by atoms with Gasteiger partial charge in [0, 0.05) is 39.3 Å². The van der Waals surface area contributed by atoms with Gasteiger partial charge in [-0.1, -0.05) is 26.0 Å². The van der Waals surface area contributed by atoms with Gasteiger partial charge < -0.3 is 28.7 Å². The number of aromatic nitrogens is 2. The molecule has 2 fully saturated rings. The summed E-state index contributed by atoms with van der Waals surface area (Å²) in [6.45, 7) is 12.7. The van der Waals surface area contributed by atoms with Crippen LogP contribution in [0.3, 0.4) is 0 Å². The molecule has 0 aliphatic carbocycles. The standard InChI is InChI=1S/C30H42N6O5/c1-21(2)18-36(28(38)26-32-24-9-6-7-10-25(24)35(26)12-8-11-31)23-17-22(27(37)33-13-15-40-16-14-33)19-34(20-23)29(39)41-30(3,4)5/h6-7,9-10,21-23H,8,12-20H2,1-5H3/t22-,23+/m1/s1. The summed E-state index contributed by atoms with van der Waals surface area (Å²) in [5.74, 6) is -0.417. The van der Waals surface area contributed by atoms with Gasteiger partial charge in [-0.05, 0) is 45.2 Å². The molecule has 2 saturated heterocycles. The molecule has 41 heavy (non-hydrogen) atoms. The quantitative estimate of drug-likeness (QED) is 0.503. The van der Waals surface area contributed by atoms with Crippen molar-refractivity contribution in [2.24, 2.45) is 11.8 Å². The lowest BCUT2D eigenvalue weighted by atomic mass is 9.91. The van der Waals surface area contributed by atoms with Crippen molar-refractivity contribution >= 4 is 28.9 Å². The van der Waals surface area contributed by atoms with Crippen LogP contribution in [-0.2, 0) is 20.8 Å². The third kappa shape index (κ3) is 7.36. The number of imidazole rings is 1. The van der Waals surface area contributed by atoms with Gasteiger partial charge in [-0.25, -0.2) is 9.78 Å². The first kappa shape index (κ1) is 30.3. The number of hydrogen-bond acceptors (Lipinski definition) is 7. The number of aryl methyl sites for hydroxylation is 1. The largest absolute Gasteiger partial charge is 0.444 e. The molecule has 11 nitrogen and oxygen atoms in total. The Hall–Kier alpha value is -3.65. The Kier molecular flexibility index (Phi) is 9.53. The molecule has 0 bridgehead atoms. The number of fused-ring (bicyclic) bond motifs is 1. The van der Waals surface area contributed by atoms with Gasteiger partial charge in [-0.2, -0.15) is 5.26 Å². The molecule has 2 aromatic rings. The normalized spacial score (nSPS) is 19.7. The molecule has 1 aromatic heterocycles. The highest BCUT2D eigenvalue weighted by molar-refractivity contribution is 5.95. The van der Waals surface area contributed by atoms with Gasteiger partial charge in [0.05, 0.1) is 48.7 Å². The van der Waals surface area contributed by atoms with Crippen LogP contribution in [0.2, 0.25) is 0 Å². The van der Waals surface area contributed by atoms with Gasteiger partial charge >= 0.3 is 6.09 Å². The second kappa shape index (κ2) is 12.9. The zero-order valence-corrected chi connectivity index (χ0v) is 24.8. The van der Waals surface area contributed by atoms with Crippen LogP contribution < -0.4 is 0 Å². The van der Waals surface area contributed by atoms with E-state index < -0.39 is 23.7 Å². The average molecular weight is 567 g/mol. The van der Waals surface area contributed by atoms with Crippen molar-refractivity contribution in [3.63, 3.8) is 0 Å². The lowest BCUT2D eigenvalue weighted by Gasteiger charge is -2.44. The molecular weight excluding hydrogens is 524 g/mol. The van der Waals surface area contributed by atoms with Crippen LogP contribution in [0.4, 0.5) is 4.79 Å². The number of likely N-dealkylation sites (tertiary alicyclic amines) is 1. The maximum absolute atomic E-state index is 14.3. The Morgan fingerprint density at radius 3 is 2.51 bits per heavy atom. The number of para-hydroxylation sites is 2. The third-order valence-corrected chi connectivity index (χ3v) is 7.31. The molecule has 0 saturated carbocycles. The number of ether oxygens (including phenoxy) is 2. The fraction of sp³-hybridized carbons (Fsp3) is 0.633. The van der Waals surface area contributed by atoms with Gasteiger partial charge in [0.1, 0.15) is 5.60 Å². The molecule has 1 aromatic carbocycles. The SMILES string of the molecule is CC(C)CN(C(=O)c1nc2ccccc2n1CCC#N)[C@H]1C[C@@H](C(=O)N2CCOCC2)CN(C(=O)OC(C)(C)C)C1. The summed E-state index contributed by atoms with van der Waals surface area (Å²) in [5, 5.41) is 9.28. The number of nitrogens with zero attached hydrogens (tertiary/aromatic N) is 6. The van der Waals surface area contributed by atoms with Crippen LogP contribution in [0.5, 0.6) is 0 Å². The minimum absolute atomic E-state index is 0.0373. The summed E-state index contributed by atoms with van der Waals surface area (Å²) in [4.78, 5) is 51.1. The minimum Gasteiger partial charge on any atom is -0.444 e. The highest BCUT2D eigenvalue weighted by Crippen LogP contribution is 2.28. The van der Waals surface area contributed by atoms with Crippen molar-refractivity contribution in [2.75, 3.05) is 45.9 Å². The fourth-order valence-corrected chi connectivity index (χ4v) is 5.54. The number of hydrogen-bond donors (Lipinski definition) is 0. The number of benzene rings is 1. The number of morpholine rings is 1. The third-order valence-electron chi connectivity index (χ3n) is 7.31. The van der Waals surface area contributed by atoms with E-state index in [2.05, 4.69) is 11.1 Å². The number of rotatable bonds is 7. The van der Waals surface area contributed by atoms with E-state index in [9.17, 15) is 19.6 Å². The molecule has 2 aliphatic rings. The molecule has 11 heteroatoms. The summed E-state index contributed by atoms with van der Waals surface area (Å²) in [5.41, 5.74) is 0.764. The molecule has 0 N–H and O–H groups in total. The number of amides is 3. The van der Waals surface area contributed by atoms with E-state index in [4.69, 9.17) is 9.47 Å². The zero-order valence-electron chi connectivity index (χ0n) is 24.8. The predicted molar refractivity (Wildman–Crippen MR) is 153 cm³/mol. The van der Waals surface area contributed by atoms with Crippen molar-refractivity contribution < 1.29 is 23.9 Å². The Bertz CT molecular complexity index is 1290. The van der Waals surface area contributed by atoms with Crippen LogP contribution >= 0.6 is 0 Å². The topological polar surface area (TPSA) is 121 Å². The molecule has 0 unspecified atom stereocenters. The molecule has 222 valence electrons. The van der Waals surface area contributed by atoms with E-state index in [0.717, 1.165) is 5.52 Å². The molecule has 3 amide bonds. The summed E-state index contributed by atoms with van der Waals surface area (Å²) in [7, 11) is 0. The molecule has 0 radical (unpaired) electrons. The molecular formula is C30H42N6O5. The smallest absolute Gasteiger partial charge is 0.410 e. The van der Waals surface area contributed by atoms with Gasteiger partial charge in [0.25, 0.3) is 5.91 Å². The molecule has 2 atom stereocenters. The van der Waals surface area contributed by atoms with Crippen molar-refractivity contribution in [3.05, 3.63) is 30.1 Å². The minimum atomic E-state index is -0.702. The summed E-state index contributed by atoms with van der Waals surface area (Å²) >= 11 is 0. The average Bonchev–Trinajstić information content (AvgIpc) is 3.31. The van der Waals surface area contributed by atoms with Crippen LogP contribution in [-0.4, -0.2) is 99.7 Å². The van der Waals surface area contributed by atoms with E-state index in [1.807, 2.05) is 58.9 Å². The van der Waals surface area contributed by atoms with Gasteiger partial charge in [0.2, 0.25) is 5.91 Å². The lowest BCUT2D eigenvalue weighted by molar-refractivity contribution is -0.142. The number of carbonyl (C=O) groups is 3. The maximum atomic E-state index is 14.3. The van der Waals surface area contributed by atoms with E-state index in [0.29, 0.717) is 51.3 Å². The first-order chi connectivity index (χ1) is 19.5. The number of carbonyl (C=O) groups excluding carboxylic acids is 3. The first-order valence-electron chi connectivity index (χ1n) is 14.5. The van der Waals surface area contributed by atoms with Crippen LogP contribution in [0.1, 0.15) is 58.1 Å². The second-order valence-electron chi connectivity index (χ2n) is 12.2. The molecule has 4 rings (SSSR count). The van der Waals surface area contributed by atoms with Crippen molar-refractivity contribution in [3.8, 4) is 6.07 Å². The lowest BCUT2D eigenvalue weighted by Crippen LogP contribution is -2.58. The number of piperidine rings is 1. The second-order valence-corrected chi connectivity index (χ2v) is 12.2. The van der Waals surface area contributed by atoms with E-state index >= 15 is 0 Å². The van der Waals surface area contributed by atoms with E-state index in [1.165, 1.54) is 0 Å². The zero-order chi connectivity index (χ0) is 29.7. The summed E-state index contributed by atoms with van der Waals surface area (Å²) < 4.78 is 12.9. The Morgan fingerprint density at radius 1 is 1.15 bits per heavy atom. The van der Waals surface area contributed by atoms with Crippen molar-refractivity contribution in [2.45, 2.75) is 65.6 Å². The van der Waals surface area contributed by atoms with E-state index in [1.54, 1.807) is 19.3 Å². The van der Waals surface area contributed by atoms with Crippen LogP contribution in [0.25, 0.3) is 11.0 Å². The highest BCUT2D eigenvalue weighted by Gasteiger charge is 2.41.